The fourth-order valence-electron chi connectivity index (χ4n) is 5.34. The lowest BCUT2D eigenvalue weighted by Gasteiger charge is -2.32. The van der Waals surface area contributed by atoms with Crippen LogP contribution in [0.15, 0.2) is 48.5 Å². The zero-order chi connectivity index (χ0) is 27.6. The average Bonchev–Trinajstić information content (AvgIpc) is 3.24. The van der Waals surface area contributed by atoms with Crippen molar-refractivity contribution in [3.8, 4) is 5.88 Å². The summed E-state index contributed by atoms with van der Waals surface area (Å²) in [6.45, 7) is 5.84. The normalized spacial score (nSPS) is 18.1. The standard InChI is InChI=1S/C30H32ClN5O4/c1-19-14-22(16-20-2-4-21(31)5-3-20)32-28(15-19)40-23-8-11-35(12-9-23)18-27-33-25-6-7-26(30(37)38)34-29(25)36(27)17-24-10-13-39-24/h2-7,14-15,23-24H,8-13,16-18H2,1H3,(H,37,38). The smallest absolute Gasteiger partial charge is 0.354 e. The number of aryl methyl sites for hydroxylation is 1. The Balaban J connectivity index is 1.10. The molecular formula is C30H32ClN5O4. The molecule has 1 unspecified atom stereocenters. The number of hydrogen-bond donors (Lipinski definition) is 1. The van der Waals surface area contributed by atoms with Gasteiger partial charge in [0.25, 0.3) is 0 Å². The largest absolute Gasteiger partial charge is 0.477 e. The molecule has 4 aromatic rings. The molecule has 0 amide bonds. The first-order chi connectivity index (χ1) is 19.4. The number of carboxylic acids is 1. The number of fused-ring (bicyclic) bond motifs is 1. The number of hydrogen-bond acceptors (Lipinski definition) is 7. The van der Waals surface area contributed by atoms with E-state index in [0.717, 1.165) is 73.0 Å². The van der Waals surface area contributed by atoms with Gasteiger partial charge in [0.15, 0.2) is 11.3 Å². The number of pyridine rings is 2. The molecule has 6 rings (SSSR count). The van der Waals surface area contributed by atoms with Gasteiger partial charge in [-0.3, -0.25) is 4.90 Å². The predicted octanol–water partition coefficient (Wildman–Crippen LogP) is 4.91. The molecule has 0 aliphatic carbocycles. The van der Waals surface area contributed by atoms with Crippen LogP contribution in [0.25, 0.3) is 11.2 Å². The van der Waals surface area contributed by atoms with Crippen LogP contribution in [0.5, 0.6) is 5.88 Å². The third kappa shape index (κ3) is 6.11. The average molecular weight is 562 g/mol. The van der Waals surface area contributed by atoms with Crippen LogP contribution < -0.4 is 4.74 Å². The summed E-state index contributed by atoms with van der Waals surface area (Å²) in [4.78, 5) is 27.9. The summed E-state index contributed by atoms with van der Waals surface area (Å²) in [5.74, 6) is 0.510. The van der Waals surface area contributed by atoms with Crippen molar-refractivity contribution in [1.82, 2.24) is 24.4 Å². The third-order valence-electron chi connectivity index (χ3n) is 7.55. The zero-order valence-corrected chi connectivity index (χ0v) is 23.2. The Morgan fingerprint density at radius 2 is 1.85 bits per heavy atom. The Morgan fingerprint density at radius 1 is 1.07 bits per heavy atom. The number of nitrogens with zero attached hydrogens (tertiary/aromatic N) is 5. The summed E-state index contributed by atoms with van der Waals surface area (Å²) in [6, 6.07) is 15.2. The molecule has 0 radical (unpaired) electrons. The Morgan fingerprint density at radius 3 is 2.55 bits per heavy atom. The SMILES string of the molecule is Cc1cc(Cc2ccc(Cl)cc2)nc(OC2CCN(Cc3nc4ccc(C(=O)O)nc4n3CC3CCO3)CC2)c1. The number of ether oxygens (including phenoxy) is 2. The van der Waals surface area contributed by atoms with E-state index in [1.54, 1.807) is 6.07 Å². The molecule has 5 heterocycles. The molecule has 1 N–H and O–H groups in total. The zero-order valence-electron chi connectivity index (χ0n) is 22.4. The minimum absolute atomic E-state index is 0.0220. The van der Waals surface area contributed by atoms with Crippen LogP contribution >= 0.6 is 11.6 Å². The molecule has 2 aliphatic rings. The van der Waals surface area contributed by atoms with Gasteiger partial charge in [0.2, 0.25) is 5.88 Å². The van der Waals surface area contributed by atoms with Crippen molar-refractivity contribution in [3.63, 3.8) is 0 Å². The molecule has 0 spiro atoms. The maximum atomic E-state index is 11.5. The van der Waals surface area contributed by atoms with Gasteiger partial charge in [0.05, 0.1) is 19.2 Å². The van der Waals surface area contributed by atoms with E-state index < -0.39 is 5.97 Å². The van der Waals surface area contributed by atoms with Crippen LogP contribution in [0, 0.1) is 6.92 Å². The lowest BCUT2D eigenvalue weighted by atomic mass is 10.1. The summed E-state index contributed by atoms with van der Waals surface area (Å²) >= 11 is 6.03. The molecule has 3 aromatic heterocycles. The van der Waals surface area contributed by atoms with Crippen molar-refractivity contribution in [3.05, 3.63) is 81.9 Å². The van der Waals surface area contributed by atoms with Crippen LogP contribution in [0.4, 0.5) is 0 Å². The molecule has 1 aromatic carbocycles. The molecular weight excluding hydrogens is 530 g/mol. The lowest BCUT2D eigenvalue weighted by molar-refractivity contribution is -0.0593. The summed E-state index contributed by atoms with van der Waals surface area (Å²) in [5.41, 5.74) is 4.59. The summed E-state index contributed by atoms with van der Waals surface area (Å²) in [7, 11) is 0. The Kier molecular flexibility index (Phi) is 7.69. The Labute approximate surface area is 237 Å². The molecule has 9 nitrogen and oxygen atoms in total. The number of halogens is 1. The van der Waals surface area contributed by atoms with Gasteiger partial charge in [-0.2, -0.15) is 0 Å². The molecule has 2 fully saturated rings. The minimum atomic E-state index is -1.04. The van der Waals surface area contributed by atoms with Crippen LogP contribution in [0.1, 0.15) is 52.4 Å². The molecule has 0 bridgehead atoms. The second-order valence-corrected chi connectivity index (χ2v) is 11.1. The number of carboxylic acid groups (broad SMARTS) is 1. The predicted molar refractivity (Wildman–Crippen MR) is 151 cm³/mol. The first-order valence-electron chi connectivity index (χ1n) is 13.7. The van der Waals surface area contributed by atoms with E-state index >= 15 is 0 Å². The molecule has 2 aliphatic heterocycles. The molecule has 40 heavy (non-hydrogen) atoms. The van der Waals surface area contributed by atoms with Gasteiger partial charge in [0.1, 0.15) is 17.4 Å². The highest BCUT2D eigenvalue weighted by molar-refractivity contribution is 6.30. The van der Waals surface area contributed by atoms with Crippen molar-refractivity contribution in [2.45, 2.75) is 57.9 Å². The number of piperidine rings is 1. The van der Waals surface area contributed by atoms with E-state index in [1.807, 2.05) is 34.9 Å². The second kappa shape index (κ2) is 11.5. The van der Waals surface area contributed by atoms with Crippen LogP contribution in [0.2, 0.25) is 5.02 Å². The number of aromatic nitrogens is 4. The van der Waals surface area contributed by atoms with Crippen molar-refractivity contribution >= 4 is 28.7 Å². The quantitative estimate of drug-likeness (QED) is 0.307. The topological polar surface area (TPSA) is 103 Å². The van der Waals surface area contributed by atoms with E-state index in [2.05, 4.69) is 22.9 Å². The first-order valence-corrected chi connectivity index (χ1v) is 14.1. The Hall–Kier alpha value is -3.53. The van der Waals surface area contributed by atoms with Crippen LogP contribution in [-0.2, 0) is 24.2 Å². The fraction of sp³-hybridized carbons (Fsp3) is 0.400. The number of likely N-dealkylation sites (tertiary alicyclic amines) is 1. The van der Waals surface area contributed by atoms with E-state index in [0.29, 0.717) is 30.1 Å². The van der Waals surface area contributed by atoms with Crippen molar-refractivity contribution in [2.75, 3.05) is 19.7 Å². The van der Waals surface area contributed by atoms with Gasteiger partial charge >= 0.3 is 5.97 Å². The number of aromatic carboxylic acids is 1. The molecule has 0 saturated carbocycles. The van der Waals surface area contributed by atoms with E-state index in [9.17, 15) is 9.90 Å². The van der Waals surface area contributed by atoms with Crippen LogP contribution in [0.3, 0.4) is 0 Å². The summed E-state index contributed by atoms with van der Waals surface area (Å²) < 4.78 is 14.1. The highest BCUT2D eigenvalue weighted by atomic mass is 35.5. The summed E-state index contributed by atoms with van der Waals surface area (Å²) in [5, 5.41) is 10.2. The second-order valence-electron chi connectivity index (χ2n) is 10.6. The monoisotopic (exact) mass is 561 g/mol. The highest BCUT2D eigenvalue weighted by Gasteiger charge is 2.26. The maximum absolute atomic E-state index is 11.5. The van der Waals surface area contributed by atoms with Crippen LogP contribution in [-0.4, -0.2) is 67.4 Å². The maximum Gasteiger partial charge on any atom is 0.354 e. The van der Waals surface area contributed by atoms with Gasteiger partial charge < -0.3 is 19.1 Å². The van der Waals surface area contributed by atoms with Gasteiger partial charge in [-0.25, -0.2) is 19.7 Å². The van der Waals surface area contributed by atoms with Gasteiger partial charge in [0, 0.05) is 42.9 Å². The van der Waals surface area contributed by atoms with Crippen molar-refractivity contribution in [2.24, 2.45) is 0 Å². The van der Waals surface area contributed by atoms with Gasteiger partial charge in [-0.15, -0.1) is 0 Å². The third-order valence-corrected chi connectivity index (χ3v) is 7.81. The van der Waals surface area contributed by atoms with Crippen molar-refractivity contribution < 1.29 is 19.4 Å². The fourth-order valence-corrected chi connectivity index (χ4v) is 5.46. The summed E-state index contributed by atoms with van der Waals surface area (Å²) in [6.07, 6.45) is 3.68. The van der Waals surface area contributed by atoms with Gasteiger partial charge in [-0.05, 0) is 67.6 Å². The Bertz CT molecular complexity index is 1510. The van der Waals surface area contributed by atoms with Crippen molar-refractivity contribution in [1.29, 1.82) is 0 Å². The van der Waals surface area contributed by atoms with E-state index in [-0.39, 0.29) is 17.9 Å². The molecule has 2 saturated heterocycles. The lowest BCUT2D eigenvalue weighted by Crippen LogP contribution is -2.39. The number of carbonyl (C=O) groups is 1. The molecule has 10 heteroatoms. The number of rotatable bonds is 9. The highest BCUT2D eigenvalue weighted by Crippen LogP contribution is 2.24. The van der Waals surface area contributed by atoms with E-state index in [4.69, 9.17) is 31.0 Å². The number of imidazole rings is 1. The van der Waals surface area contributed by atoms with Gasteiger partial charge in [-0.1, -0.05) is 23.7 Å². The molecule has 1 atom stereocenters. The molecule has 208 valence electrons. The van der Waals surface area contributed by atoms with E-state index in [1.165, 1.54) is 6.07 Å². The first kappa shape index (κ1) is 26.7. The minimum Gasteiger partial charge on any atom is -0.477 e. The number of benzene rings is 1.